The second-order valence-corrected chi connectivity index (χ2v) is 7.54. The van der Waals surface area contributed by atoms with E-state index in [1.165, 1.54) is 32.8 Å². The number of hydrogen-bond donors (Lipinski definition) is 7. The molecule has 2 rings (SSSR count). The van der Waals surface area contributed by atoms with Crippen LogP contribution in [0.2, 0.25) is 0 Å². The summed E-state index contributed by atoms with van der Waals surface area (Å²) in [6.07, 6.45) is -1.34. The molecule has 0 saturated heterocycles. The summed E-state index contributed by atoms with van der Waals surface area (Å²) in [6, 6.07) is 6.01. The van der Waals surface area contributed by atoms with Crippen molar-refractivity contribution in [3.63, 3.8) is 0 Å². The quantitative estimate of drug-likeness (QED) is 0.333. The van der Waals surface area contributed by atoms with Gasteiger partial charge in [0, 0.05) is 19.8 Å². The van der Waals surface area contributed by atoms with Gasteiger partial charge in [-0.15, -0.1) is 0 Å². The fourth-order valence-corrected chi connectivity index (χ4v) is 4.00. The van der Waals surface area contributed by atoms with Gasteiger partial charge in [-0.1, -0.05) is 18.2 Å². The molecule has 2 amide bonds. The largest absolute Gasteiger partial charge is 0.393 e. The summed E-state index contributed by atoms with van der Waals surface area (Å²) >= 11 is 0. The molecule has 1 aromatic carbocycles. The van der Waals surface area contributed by atoms with E-state index < -0.39 is 47.6 Å². The number of carbonyl (C=O) groups excluding carboxylic acids is 1. The first-order chi connectivity index (χ1) is 12.5. The van der Waals surface area contributed by atoms with Crippen molar-refractivity contribution in [1.29, 1.82) is 0 Å². The third-order valence-corrected chi connectivity index (χ3v) is 5.76. The minimum Gasteiger partial charge on any atom is -0.393 e. The van der Waals surface area contributed by atoms with E-state index in [1.807, 2.05) is 6.07 Å². The molecule has 152 valence electrons. The lowest BCUT2D eigenvalue weighted by Gasteiger charge is -2.48. The highest BCUT2D eigenvalue weighted by Crippen LogP contribution is 2.48. The number of nitrogens with zero attached hydrogens (tertiary/aromatic N) is 1. The third-order valence-electron chi connectivity index (χ3n) is 5.76. The molecule has 0 spiro atoms. The van der Waals surface area contributed by atoms with Gasteiger partial charge in [0.25, 0.3) is 0 Å². The normalized spacial score (nSPS) is 36.9. The zero-order valence-corrected chi connectivity index (χ0v) is 16.0. The molecule has 9 heteroatoms. The topological polar surface area (TPSA) is 151 Å². The number of hydrogen-bond acceptors (Lipinski definition) is 7. The Bertz CT molecular complexity index is 669. The van der Waals surface area contributed by atoms with E-state index in [2.05, 4.69) is 10.6 Å². The minimum absolute atomic E-state index is 0.598. The monoisotopic (exact) mass is 382 g/mol. The predicted octanol–water partition coefficient (Wildman–Crippen LogP) is -1.33. The van der Waals surface area contributed by atoms with Crippen LogP contribution in [-0.4, -0.2) is 87.0 Å². The van der Waals surface area contributed by atoms with E-state index in [0.29, 0.717) is 5.69 Å². The van der Waals surface area contributed by atoms with E-state index in [-0.39, 0.29) is 0 Å². The Morgan fingerprint density at radius 1 is 1.30 bits per heavy atom. The van der Waals surface area contributed by atoms with Crippen LogP contribution >= 0.6 is 0 Å². The standard InChI is InChI=1S/C18H30N4O5/c1-11(24)18(21-15(25)22(3)4)13(19)14(17(27,10-23)16(18,2)26)20-12-8-6-5-7-9-12/h5-9,11,13-14,20,23-24,26-27H,10,19H2,1-4H3,(H,21,25)/t11-,13-,14-,16-,17+,18-/m0/s1. The maximum atomic E-state index is 12.4. The fraction of sp³-hybridized carbons (Fsp3) is 0.611. The average Bonchev–Trinajstić information content (AvgIpc) is 2.73. The van der Waals surface area contributed by atoms with Gasteiger partial charge in [-0.3, -0.25) is 0 Å². The van der Waals surface area contributed by atoms with Crippen LogP contribution in [0.25, 0.3) is 0 Å². The highest BCUT2D eigenvalue weighted by Gasteiger charge is 2.75. The fourth-order valence-electron chi connectivity index (χ4n) is 4.00. The van der Waals surface area contributed by atoms with Gasteiger partial charge in [0.05, 0.1) is 24.8 Å². The number of urea groups is 1. The van der Waals surface area contributed by atoms with Crippen molar-refractivity contribution in [2.75, 3.05) is 26.0 Å². The van der Waals surface area contributed by atoms with Crippen LogP contribution in [0.5, 0.6) is 0 Å². The van der Waals surface area contributed by atoms with Crippen molar-refractivity contribution >= 4 is 11.7 Å². The second-order valence-electron chi connectivity index (χ2n) is 7.54. The SMILES string of the molecule is C[C@H](O)[C@]1(NC(=O)N(C)C)[C@@H](N)[C@H](Nc2ccccc2)[C@](O)(CO)[C@]1(C)O. The molecule has 6 atom stereocenters. The van der Waals surface area contributed by atoms with Crippen LogP contribution in [-0.2, 0) is 0 Å². The van der Waals surface area contributed by atoms with Crippen LogP contribution < -0.4 is 16.4 Å². The van der Waals surface area contributed by atoms with Crippen LogP contribution in [0.1, 0.15) is 13.8 Å². The number of benzene rings is 1. The Kier molecular flexibility index (Phi) is 5.74. The molecule has 27 heavy (non-hydrogen) atoms. The van der Waals surface area contributed by atoms with Crippen molar-refractivity contribution in [1.82, 2.24) is 10.2 Å². The Hall–Kier alpha value is -1.91. The van der Waals surface area contributed by atoms with Crippen LogP contribution in [0.3, 0.4) is 0 Å². The molecule has 9 nitrogen and oxygen atoms in total. The predicted molar refractivity (Wildman–Crippen MR) is 101 cm³/mol. The number of aliphatic hydroxyl groups excluding tert-OH is 2. The Morgan fingerprint density at radius 2 is 1.85 bits per heavy atom. The molecule has 1 aliphatic rings. The van der Waals surface area contributed by atoms with E-state index in [4.69, 9.17) is 5.73 Å². The molecule has 1 fully saturated rings. The van der Waals surface area contributed by atoms with Gasteiger partial charge in [-0.05, 0) is 26.0 Å². The van der Waals surface area contributed by atoms with Gasteiger partial charge in [0.15, 0.2) is 0 Å². The molecule has 0 unspecified atom stereocenters. The molecule has 0 aromatic heterocycles. The van der Waals surface area contributed by atoms with Gasteiger partial charge >= 0.3 is 6.03 Å². The van der Waals surface area contributed by atoms with Crippen molar-refractivity contribution < 1.29 is 25.2 Å². The van der Waals surface area contributed by atoms with E-state index in [9.17, 15) is 25.2 Å². The van der Waals surface area contributed by atoms with E-state index in [1.54, 1.807) is 24.3 Å². The first-order valence-corrected chi connectivity index (χ1v) is 8.76. The number of para-hydroxylation sites is 1. The van der Waals surface area contributed by atoms with Gasteiger partial charge in [-0.25, -0.2) is 4.79 Å². The lowest BCUT2D eigenvalue weighted by atomic mass is 9.73. The Morgan fingerprint density at radius 3 is 2.30 bits per heavy atom. The molecule has 1 aromatic rings. The van der Waals surface area contributed by atoms with Gasteiger partial charge in [-0.2, -0.15) is 0 Å². The van der Waals surface area contributed by atoms with Gasteiger partial charge in [0.1, 0.15) is 16.7 Å². The molecule has 0 aliphatic heterocycles. The number of nitrogens with two attached hydrogens (primary N) is 1. The summed E-state index contributed by atoms with van der Waals surface area (Å²) in [5, 5.41) is 48.7. The van der Waals surface area contributed by atoms with Crippen molar-refractivity contribution in [3.05, 3.63) is 30.3 Å². The van der Waals surface area contributed by atoms with Crippen LogP contribution in [0, 0.1) is 0 Å². The number of aliphatic hydroxyl groups is 4. The Balaban J connectivity index is 2.58. The van der Waals surface area contributed by atoms with E-state index >= 15 is 0 Å². The molecule has 0 bridgehead atoms. The van der Waals surface area contributed by atoms with Crippen molar-refractivity contribution in [3.8, 4) is 0 Å². The smallest absolute Gasteiger partial charge is 0.317 e. The van der Waals surface area contributed by atoms with E-state index in [0.717, 1.165) is 0 Å². The van der Waals surface area contributed by atoms with Crippen LogP contribution in [0.15, 0.2) is 30.3 Å². The van der Waals surface area contributed by atoms with Gasteiger partial charge < -0.3 is 41.7 Å². The van der Waals surface area contributed by atoms with Crippen molar-refractivity contribution in [2.24, 2.45) is 5.73 Å². The summed E-state index contributed by atoms with van der Waals surface area (Å²) in [5.41, 5.74) is 0.838. The highest BCUT2D eigenvalue weighted by atomic mass is 16.4. The number of amides is 2. The summed E-state index contributed by atoms with van der Waals surface area (Å²) in [4.78, 5) is 13.6. The maximum Gasteiger partial charge on any atom is 0.317 e. The Labute approximate surface area is 158 Å². The number of anilines is 1. The number of carbonyl (C=O) groups is 1. The average molecular weight is 382 g/mol. The lowest BCUT2D eigenvalue weighted by Crippen LogP contribution is -2.76. The molecule has 0 radical (unpaired) electrons. The summed E-state index contributed by atoms with van der Waals surface area (Å²) in [6.45, 7) is 1.77. The second kappa shape index (κ2) is 7.25. The lowest BCUT2D eigenvalue weighted by molar-refractivity contribution is -0.185. The zero-order valence-electron chi connectivity index (χ0n) is 16.0. The minimum atomic E-state index is -2.17. The molecule has 1 aliphatic carbocycles. The summed E-state index contributed by atoms with van der Waals surface area (Å²) in [7, 11) is 3.00. The molecular weight excluding hydrogens is 352 g/mol. The number of rotatable bonds is 5. The summed E-state index contributed by atoms with van der Waals surface area (Å²) in [5.74, 6) is 0. The molecule has 1 saturated carbocycles. The first-order valence-electron chi connectivity index (χ1n) is 8.76. The van der Waals surface area contributed by atoms with Crippen molar-refractivity contribution in [2.45, 2.75) is 48.8 Å². The number of nitrogens with one attached hydrogen (secondary N) is 2. The highest BCUT2D eigenvalue weighted by molar-refractivity contribution is 5.75. The third kappa shape index (κ3) is 3.05. The van der Waals surface area contributed by atoms with Gasteiger partial charge in [0.2, 0.25) is 0 Å². The maximum absolute atomic E-state index is 12.4. The molecular formula is C18H30N4O5. The molecule has 0 heterocycles. The zero-order chi connectivity index (χ0) is 20.6. The van der Waals surface area contributed by atoms with Crippen LogP contribution in [0.4, 0.5) is 10.5 Å². The summed E-state index contributed by atoms with van der Waals surface area (Å²) < 4.78 is 0. The first kappa shape index (κ1) is 21.4. The molecule has 8 N–H and O–H groups in total.